The Morgan fingerprint density at radius 2 is 1.58 bits per heavy atom. The molecule has 0 radical (unpaired) electrons. The Morgan fingerprint density at radius 1 is 1.00 bits per heavy atom. The van der Waals surface area contributed by atoms with Crippen molar-refractivity contribution in [3.05, 3.63) is 66.2 Å². The number of hydrogen-bond acceptors (Lipinski definition) is 2. The van der Waals surface area contributed by atoms with E-state index in [1.165, 1.54) is 5.56 Å². The first-order valence-corrected chi connectivity index (χ1v) is 6.38. The van der Waals surface area contributed by atoms with Crippen LogP contribution in [0, 0.1) is 0 Å². The largest absolute Gasteiger partial charge is 0.289 e. The molecule has 3 heteroatoms. The van der Waals surface area contributed by atoms with Crippen LogP contribution < -0.4 is 10.4 Å². The van der Waals surface area contributed by atoms with Crippen LogP contribution in [0.1, 0.15) is 12.0 Å². The predicted octanol–water partition coefficient (Wildman–Crippen LogP) is 2.79. The molecule has 0 unspecified atom stereocenters. The van der Waals surface area contributed by atoms with E-state index in [1.54, 1.807) is 5.01 Å². The second-order valence-corrected chi connectivity index (χ2v) is 4.42. The zero-order valence-corrected chi connectivity index (χ0v) is 11.0. The Labute approximate surface area is 113 Å². The molecule has 0 saturated carbocycles. The lowest BCUT2D eigenvalue weighted by molar-refractivity contribution is -0.121. The highest BCUT2D eigenvalue weighted by Gasteiger charge is 2.05. The first-order chi connectivity index (χ1) is 9.25. The quantitative estimate of drug-likeness (QED) is 0.832. The van der Waals surface area contributed by atoms with Gasteiger partial charge in [-0.15, -0.1) is 0 Å². The Bertz CT molecular complexity index is 511. The number of anilines is 1. The molecule has 0 fully saturated rings. The van der Waals surface area contributed by atoms with Crippen molar-refractivity contribution in [2.45, 2.75) is 12.8 Å². The Hall–Kier alpha value is -2.29. The van der Waals surface area contributed by atoms with Gasteiger partial charge in [0.25, 0.3) is 0 Å². The SMILES string of the molecule is CN(NC(=O)CCc1ccccc1)c1ccccc1. The number of aryl methyl sites for hydroxylation is 1. The first kappa shape index (κ1) is 13.1. The van der Waals surface area contributed by atoms with E-state index in [0.29, 0.717) is 6.42 Å². The van der Waals surface area contributed by atoms with Gasteiger partial charge in [0.1, 0.15) is 0 Å². The number of rotatable bonds is 5. The number of carbonyl (C=O) groups excluding carboxylic acids is 1. The van der Waals surface area contributed by atoms with Gasteiger partial charge in [-0.1, -0.05) is 48.5 Å². The monoisotopic (exact) mass is 254 g/mol. The average molecular weight is 254 g/mol. The molecule has 0 saturated heterocycles. The summed E-state index contributed by atoms with van der Waals surface area (Å²) < 4.78 is 0. The van der Waals surface area contributed by atoms with Crippen molar-refractivity contribution in [2.24, 2.45) is 0 Å². The van der Waals surface area contributed by atoms with Gasteiger partial charge >= 0.3 is 0 Å². The van der Waals surface area contributed by atoms with Crippen LogP contribution in [0.25, 0.3) is 0 Å². The van der Waals surface area contributed by atoms with Crippen LogP contribution >= 0.6 is 0 Å². The van der Waals surface area contributed by atoms with E-state index in [0.717, 1.165) is 12.1 Å². The number of para-hydroxylation sites is 1. The second kappa shape index (κ2) is 6.59. The van der Waals surface area contributed by atoms with E-state index in [-0.39, 0.29) is 5.91 Å². The maximum Gasteiger partial charge on any atom is 0.238 e. The first-order valence-electron chi connectivity index (χ1n) is 6.38. The Kier molecular flexibility index (Phi) is 4.56. The molecule has 0 spiro atoms. The van der Waals surface area contributed by atoms with Gasteiger partial charge in [0.15, 0.2) is 0 Å². The lowest BCUT2D eigenvalue weighted by Gasteiger charge is -2.20. The van der Waals surface area contributed by atoms with Gasteiger partial charge in [-0.2, -0.15) is 0 Å². The van der Waals surface area contributed by atoms with Gasteiger partial charge in [0.2, 0.25) is 5.91 Å². The summed E-state index contributed by atoms with van der Waals surface area (Å²) in [6, 6.07) is 19.8. The molecule has 0 bridgehead atoms. The van der Waals surface area contributed by atoms with Gasteiger partial charge in [0, 0.05) is 13.5 Å². The number of nitrogens with one attached hydrogen (secondary N) is 1. The van der Waals surface area contributed by atoms with Crippen LogP contribution in [0.5, 0.6) is 0 Å². The molecule has 98 valence electrons. The fraction of sp³-hybridized carbons (Fsp3) is 0.188. The zero-order chi connectivity index (χ0) is 13.5. The lowest BCUT2D eigenvalue weighted by atomic mass is 10.1. The molecule has 2 rings (SSSR count). The van der Waals surface area contributed by atoms with Crippen LogP contribution in [0.4, 0.5) is 5.69 Å². The summed E-state index contributed by atoms with van der Waals surface area (Å²) in [6.45, 7) is 0. The number of amides is 1. The molecular weight excluding hydrogens is 236 g/mol. The average Bonchev–Trinajstić information content (AvgIpc) is 2.47. The molecule has 0 aliphatic carbocycles. The Morgan fingerprint density at radius 3 is 2.21 bits per heavy atom. The van der Waals surface area contributed by atoms with E-state index in [1.807, 2.05) is 67.7 Å². The van der Waals surface area contributed by atoms with Gasteiger partial charge in [0.05, 0.1) is 5.69 Å². The van der Waals surface area contributed by atoms with E-state index >= 15 is 0 Å². The number of benzene rings is 2. The summed E-state index contributed by atoms with van der Waals surface area (Å²) in [5.74, 6) is 0.0233. The van der Waals surface area contributed by atoms with Crippen molar-refractivity contribution in [1.82, 2.24) is 5.43 Å². The van der Waals surface area contributed by atoms with Gasteiger partial charge in [-0.25, -0.2) is 0 Å². The summed E-state index contributed by atoms with van der Waals surface area (Å²) >= 11 is 0. The normalized spacial score (nSPS) is 9.95. The fourth-order valence-corrected chi connectivity index (χ4v) is 1.86. The highest BCUT2D eigenvalue weighted by Crippen LogP contribution is 2.09. The highest BCUT2D eigenvalue weighted by molar-refractivity contribution is 5.78. The van der Waals surface area contributed by atoms with Crippen molar-refractivity contribution >= 4 is 11.6 Å². The lowest BCUT2D eigenvalue weighted by Crippen LogP contribution is -2.39. The van der Waals surface area contributed by atoms with Crippen molar-refractivity contribution in [2.75, 3.05) is 12.1 Å². The molecule has 2 aromatic rings. The molecular formula is C16H18N2O. The van der Waals surface area contributed by atoms with Crippen molar-refractivity contribution < 1.29 is 4.79 Å². The zero-order valence-electron chi connectivity index (χ0n) is 11.0. The molecule has 1 amide bonds. The smallest absolute Gasteiger partial charge is 0.238 e. The van der Waals surface area contributed by atoms with Crippen LogP contribution in [0.15, 0.2) is 60.7 Å². The molecule has 0 aromatic heterocycles. The van der Waals surface area contributed by atoms with Gasteiger partial charge in [-0.3, -0.25) is 15.2 Å². The van der Waals surface area contributed by atoms with Gasteiger partial charge < -0.3 is 0 Å². The molecule has 1 N–H and O–H groups in total. The summed E-state index contributed by atoms with van der Waals surface area (Å²) in [5, 5.41) is 1.74. The molecule has 0 aliphatic rings. The predicted molar refractivity (Wildman–Crippen MR) is 77.8 cm³/mol. The van der Waals surface area contributed by atoms with Gasteiger partial charge in [-0.05, 0) is 24.1 Å². The third kappa shape index (κ3) is 4.14. The Balaban J connectivity index is 1.82. The molecule has 0 heterocycles. The highest BCUT2D eigenvalue weighted by atomic mass is 16.2. The summed E-state index contributed by atoms with van der Waals surface area (Å²) in [6.07, 6.45) is 1.25. The van der Waals surface area contributed by atoms with Crippen molar-refractivity contribution in [3.8, 4) is 0 Å². The van der Waals surface area contributed by atoms with E-state index in [4.69, 9.17) is 0 Å². The molecule has 0 atom stereocenters. The number of hydrogen-bond donors (Lipinski definition) is 1. The third-order valence-corrected chi connectivity index (χ3v) is 2.92. The number of hydrazine groups is 1. The fourth-order valence-electron chi connectivity index (χ4n) is 1.86. The molecule has 3 nitrogen and oxygen atoms in total. The maximum atomic E-state index is 11.8. The number of nitrogens with zero attached hydrogens (tertiary/aromatic N) is 1. The summed E-state index contributed by atoms with van der Waals surface area (Å²) in [4.78, 5) is 11.8. The van der Waals surface area contributed by atoms with Crippen molar-refractivity contribution in [1.29, 1.82) is 0 Å². The standard InChI is InChI=1S/C16H18N2O/c1-18(15-10-6-3-7-11-15)17-16(19)13-12-14-8-4-2-5-9-14/h2-11H,12-13H2,1H3,(H,17,19). The minimum Gasteiger partial charge on any atom is -0.289 e. The molecule has 2 aromatic carbocycles. The minimum absolute atomic E-state index is 0.0233. The minimum atomic E-state index is 0.0233. The number of carbonyl (C=O) groups is 1. The topological polar surface area (TPSA) is 32.3 Å². The molecule has 19 heavy (non-hydrogen) atoms. The van der Waals surface area contributed by atoms with Crippen LogP contribution in [0.3, 0.4) is 0 Å². The molecule has 0 aliphatic heterocycles. The van der Waals surface area contributed by atoms with Crippen LogP contribution in [-0.2, 0) is 11.2 Å². The van der Waals surface area contributed by atoms with Crippen LogP contribution in [-0.4, -0.2) is 13.0 Å². The second-order valence-electron chi connectivity index (χ2n) is 4.42. The maximum absolute atomic E-state index is 11.8. The van der Waals surface area contributed by atoms with E-state index in [9.17, 15) is 4.79 Å². The third-order valence-electron chi connectivity index (χ3n) is 2.92. The van der Waals surface area contributed by atoms with Crippen LogP contribution in [0.2, 0.25) is 0 Å². The summed E-state index contributed by atoms with van der Waals surface area (Å²) in [5.41, 5.74) is 5.01. The van der Waals surface area contributed by atoms with Crippen molar-refractivity contribution in [3.63, 3.8) is 0 Å². The van der Waals surface area contributed by atoms with E-state index < -0.39 is 0 Å². The summed E-state index contributed by atoms with van der Waals surface area (Å²) in [7, 11) is 1.84. The van der Waals surface area contributed by atoms with E-state index in [2.05, 4.69) is 5.43 Å².